The van der Waals surface area contributed by atoms with E-state index in [0.717, 1.165) is 21.2 Å². The van der Waals surface area contributed by atoms with Crippen LogP contribution in [0.25, 0.3) is 10.8 Å². The first kappa shape index (κ1) is 28.9. The molecule has 9 heteroatoms. The number of nitrogens with one attached hydrogen (secondary N) is 1. The molecule has 210 valence electrons. The number of hydrogen-bond donors (Lipinski definition) is 1. The Bertz CT molecular complexity index is 1400. The Kier molecular flexibility index (Phi) is 10.4. The predicted octanol–water partition coefficient (Wildman–Crippen LogP) is 5.67. The molecule has 1 heterocycles. The number of benzene rings is 3. The van der Waals surface area contributed by atoms with E-state index in [-0.39, 0.29) is 25.0 Å². The van der Waals surface area contributed by atoms with E-state index >= 15 is 0 Å². The topological polar surface area (TPSA) is 80.3 Å². The van der Waals surface area contributed by atoms with Gasteiger partial charge in [0.05, 0.1) is 33.1 Å². The summed E-state index contributed by atoms with van der Waals surface area (Å²) in [5, 5.41) is 6.96. The van der Waals surface area contributed by atoms with Crippen LogP contribution in [0.1, 0.15) is 10.4 Å². The lowest BCUT2D eigenvalue weighted by atomic mass is 10.1. The van der Waals surface area contributed by atoms with E-state index in [2.05, 4.69) is 5.32 Å². The van der Waals surface area contributed by atoms with Gasteiger partial charge in [-0.3, -0.25) is 4.79 Å². The monoisotopic (exact) mass is 561 g/mol. The molecule has 0 unspecified atom stereocenters. The SMILES string of the molecule is COCCN(CC(=O)N(CCc1ccc(OC)c(OC)c1)Cc1cccs1)C(=O)Nc1cccc2ccccc12. The molecule has 0 radical (unpaired) electrons. The van der Waals surface area contributed by atoms with E-state index in [9.17, 15) is 9.59 Å². The minimum atomic E-state index is -0.349. The zero-order valence-corrected chi connectivity index (χ0v) is 23.9. The van der Waals surface area contributed by atoms with Crippen molar-refractivity contribution >= 4 is 39.7 Å². The van der Waals surface area contributed by atoms with Crippen molar-refractivity contribution in [1.82, 2.24) is 9.80 Å². The van der Waals surface area contributed by atoms with Crippen LogP contribution in [0.4, 0.5) is 10.5 Å². The number of ether oxygens (including phenoxy) is 3. The normalized spacial score (nSPS) is 10.8. The third kappa shape index (κ3) is 7.52. The summed E-state index contributed by atoms with van der Waals surface area (Å²) in [7, 11) is 4.78. The van der Waals surface area contributed by atoms with Crippen molar-refractivity contribution in [2.24, 2.45) is 0 Å². The van der Waals surface area contributed by atoms with Crippen LogP contribution in [0, 0.1) is 0 Å². The van der Waals surface area contributed by atoms with Crippen LogP contribution in [-0.4, -0.2) is 69.3 Å². The molecule has 0 saturated heterocycles. The van der Waals surface area contributed by atoms with Crippen LogP contribution < -0.4 is 14.8 Å². The summed E-state index contributed by atoms with van der Waals surface area (Å²) in [6, 6.07) is 23.0. The molecule has 8 nitrogen and oxygen atoms in total. The van der Waals surface area contributed by atoms with Gasteiger partial charge in [-0.2, -0.15) is 0 Å². The predicted molar refractivity (Wildman–Crippen MR) is 159 cm³/mol. The highest BCUT2D eigenvalue weighted by Gasteiger charge is 2.22. The molecule has 1 N–H and O–H groups in total. The summed E-state index contributed by atoms with van der Waals surface area (Å²) in [5.41, 5.74) is 1.72. The number of urea groups is 1. The number of thiophene rings is 1. The van der Waals surface area contributed by atoms with E-state index in [0.29, 0.717) is 43.3 Å². The van der Waals surface area contributed by atoms with E-state index < -0.39 is 0 Å². The van der Waals surface area contributed by atoms with Gasteiger partial charge in [0.2, 0.25) is 5.91 Å². The number of carbonyl (C=O) groups excluding carboxylic acids is 2. The lowest BCUT2D eigenvalue weighted by Crippen LogP contribution is -2.46. The molecule has 0 aliphatic heterocycles. The Morgan fingerprint density at radius 3 is 2.40 bits per heavy atom. The second-order valence-corrected chi connectivity index (χ2v) is 10.2. The molecule has 0 aliphatic carbocycles. The smallest absolute Gasteiger partial charge is 0.322 e. The van der Waals surface area contributed by atoms with E-state index in [1.165, 1.54) is 4.90 Å². The van der Waals surface area contributed by atoms with E-state index in [4.69, 9.17) is 14.2 Å². The van der Waals surface area contributed by atoms with E-state index in [1.54, 1.807) is 37.6 Å². The zero-order chi connectivity index (χ0) is 28.3. The van der Waals surface area contributed by atoms with Crippen LogP contribution in [0.2, 0.25) is 0 Å². The third-order valence-electron chi connectivity index (χ3n) is 6.61. The Morgan fingerprint density at radius 1 is 0.850 bits per heavy atom. The molecular weight excluding hydrogens is 526 g/mol. The van der Waals surface area contributed by atoms with Crippen LogP contribution >= 0.6 is 11.3 Å². The number of carbonyl (C=O) groups is 2. The first-order chi connectivity index (χ1) is 19.5. The maximum atomic E-state index is 13.7. The zero-order valence-electron chi connectivity index (χ0n) is 23.1. The van der Waals surface area contributed by atoms with Gasteiger partial charge >= 0.3 is 6.03 Å². The van der Waals surface area contributed by atoms with Gasteiger partial charge in [0.1, 0.15) is 6.54 Å². The fourth-order valence-electron chi connectivity index (χ4n) is 4.43. The van der Waals surface area contributed by atoms with Crippen molar-refractivity contribution in [3.63, 3.8) is 0 Å². The quantitative estimate of drug-likeness (QED) is 0.228. The van der Waals surface area contributed by atoms with Crippen LogP contribution in [0.3, 0.4) is 0 Å². The highest BCUT2D eigenvalue weighted by Crippen LogP contribution is 2.28. The minimum Gasteiger partial charge on any atom is -0.493 e. The van der Waals surface area contributed by atoms with Gasteiger partial charge in [0.25, 0.3) is 0 Å². The Labute approximate surface area is 239 Å². The third-order valence-corrected chi connectivity index (χ3v) is 7.47. The van der Waals surface area contributed by atoms with Crippen molar-refractivity contribution in [3.8, 4) is 11.5 Å². The molecule has 3 amide bonds. The molecule has 3 aromatic carbocycles. The van der Waals surface area contributed by atoms with Gasteiger partial charge < -0.3 is 29.3 Å². The van der Waals surface area contributed by atoms with Gasteiger partial charge in [-0.25, -0.2) is 4.79 Å². The highest BCUT2D eigenvalue weighted by atomic mass is 32.1. The van der Waals surface area contributed by atoms with E-state index in [1.807, 2.05) is 78.2 Å². The summed E-state index contributed by atoms with van der Waals surface area (Å²) in [6.45, 7) is 1.47. The summed E-state index contributed by atoms with van der Waals surface area (Å²) < 4.78 is 16.0. The number of hydrogen-bond acceptors (Lipinski definition) is 6. The van der Waals surface area contributed by atoms with Gasteiger partial charge in [-0.15, -0.1) is 11.3 Å². The fraction of sp³-hybridized carbons (Fsp3) is 0.290. The summed E-state index contributed by atoms with van der Waals surface area (Å²) in [5.74, 6) is 1.16. The summed E-state index contributed by atoms with van der Waals surface area (Å²) in [6.07, 6.45) is 0.623. The van der Waals surface area contributed by atoms with Gasteiger partial charge in [-0.1, -0.05) is 48.5 Å². The van der Waals surface area contributed by atoms with Crippen LogP contribution in [-0.2, 0) is 22.5 Å². The van der Waals surface area contributed by atoms with Crippen molar-refractivity contribution < 1.29 is 23.8 Å². The minimum absolute atomic E-state index is 0.0722. The molecule has 1 aromatic heterocycles. The van der Waals surface area contributed by atoms with Crippen molar-refractivity contribution in [2.75, 3.05) is 52.9 Å². The molecule has 0 spiro atoms. The highest BCUT2D eigenvalue weighted by molar-refractivity contribution is 7.09. The van der Waals surface area contributed by atoms with Crippen LogP contribution in [0.5, 0.6) is 11.5 Å². The maximum absolute atomic E-state index is 13.7. The number of anilines is 1. The second kappa shape index (κ2) is 14.3. The number of amides is 3. The van der Waals surface area contributed by atoms with Crippen molar-refractivity contribution in [1.29, 1.82) is 0 Å². The largest absolute Gasteiger partial charge is 0.493 e. The number of rotatable bonds is 13. The van der Waals surface area contributed by atoms with Gasteiger partial charge in [0, 0.05) is 30.5 Å². The molecular formula is C31H35N3O5S. The molecule has 0 atom stereocenters. The Hall–Kier alpha value is -4.08. The molecule has 4 aromatic rings. The summed E-state index contributed by atoms with van der Waals surface area (Å²) in [4.78, 5) is 31.5. The molecule has 0 fully saturated rings. The standard InChI is InChI=1S/C31H35N3O5S/c1-37-18-17-34(31(36)32-27-12-6-9-24-8-4-5-11-26(24)27)22-30(35)33(21-25-10-7-19-40-25)16-15-23-13-14-28(38-2)29(20-23)39-3/h4-14,19-20H,15-18,21-22H2,1-3H3,(H,32,36). The Morgan fingerprint density at radius 2 is 1.65 bits per heavy atom. The van der Waals surface area contributed by atoms with Gasteiger partial charge in [-0.05, 0) is 47.0 Å². The lowest BCUT2D eigenvalue weighted by Gasteiger charge is -2.28. The lowest BCUT2D eigenvalue weighted by molar-refractivity contribution is -0.132. The molecule has 4 rings (SSSR count). The number of methoxy groups -OCH3 is 3. The summed E-state index contributed by atoms with van der Waals surface area (Å²) >= 11 is 1.60. The molecule has 0 bridgehead atoms. The van der Waals surface area contributed by atoms with Crippen molar-refractivity contribution in [2.45, 2.75) is 13.0 Å². The number of fused-ring (bicyclic) bond motifs is 1. The van der Waals surface area contributed by atoms with Gasteiger partial charge in [0.15, 0.2) is 11.5 Å². The number of nitrogens with zero attached hydrogens (tertiary/aromatic N) is 2. The maximum Gasteiger partial charge on any atom is 0.322 e. The second-order valence-electron chi connectivity index (χ2n) is 9.21. The van der Waals surface area contributed by atoms with Crippen molar-refractivity contribution in [3.05, 3.63) is 88.6 Å². The first-order valence-corrected chi connectivity index (χ1v) is 13.9. The first-order valence-electron chi connectivity index (χ1n) is 13.1. The average Bonchev–Trinajstić information content (AvgIpc) is 3.50. The molecule has 40 heavy (non-hydrogen) atoms. The molecule has 0 aliphatic rings. The fourth-order valence-corrected chi connectivity index (χ4v) is 5.15. The Balaban J connectivity index is 1.50. The molecule has 0 saturated carbocycles. The average molecular weight is 562 g/mol. The van der Waals surface area contributed by atoms with Crippen LogP contribution in [0.15, 0.2) is 78.2 Å².